The number of thiophene rings is 1. The van der Waals surface area contributed by atoms with E-state index < -0.39 is 0 Å². The average Bonchev–Trinajstić information content (AvgIpc) is 3.50. The highest BCUT2D eigenvalue weighted by atomic mass is 32.1. The van der Waals surface area contributed by atoms with Gasteiger partial charge in [-0.25, -0.2) is 0 Å². The van der Waals surface area contributed by atoms with Crippen LogP contribution in [0.4, 0.5) is 0 Å². The van der Waals surface area contributed by atoms with Crippen molar-refractivity contribution < 1.29 is 0 Å². The first kappa shape index (κ1) is 32.2. The van der Waals surface area contributed by atoms with Crippen LogP contribution >= 0.6 is 11.3 Å². The molecule has 7 aromatic carbocycles. The molecule has 202 valence electrons. The largest absolute Gasteiger partial charge is 0.135 e. The Morgan fingerprint density at radius 1 is 0.327 bits per heavy atom. The molecule has 11 heteroatoms. The van der Waals surface area contributed by atoms with Gasteiger partial charge in [-0.15, -0.1) is 44.1 Å². The van der Waals surface area contributed by atoms with Crippen LogP contribution in [0.15, 0.2) is 84.9 Å². The molecule has 0 nitrogen and oxygen atoms in total. The van der Waals surface area contributed by atoms with Gasteiger partial charge in [-0.1, -0.05) is 94.6 Å². The van der Waals surface area contributed by atoms with Crippen LogP contribution in [0.25, 0.3) is 75.1 Å². The van der Waals surface area contributed by atoms with E-state index in [0.717, 1.165) is 64.0 Å². The molecule has 0 bridgehead atoms. The molecule has 0 aliphatic heterocycles. The van der Waals surface area contributed by atoms with Crippen LogP contribution in [-0.4, -0.2) is 78.5 Å². The third kappa shape index (κ3) is 4.65. The lowest BCUT2D eigenvalue weighted by Gasteiger charge is -2.25. The molecule has 0 atom stereocenters. The van der Waals surface area contributed by atoms with E-state index in [1.165, 1.54) is 0 Å². The zero-order valence-corrected chi connectivity index (χ0v) is 27.1. The standard InChI is InChI=1S/C38H14B10S/c39-29-24(30(40)34(44)37(47)33(29)43)15-12-13-20-23(14-15)49-22-11-5-10-21(26(20)22)25-16-6-1-3-8-18(16)27(19-9-4-2-7-17(19)25)28-31(41)35(45)38(48)36(46)32(28)42/h1-14H. The van der Waals surface area contributed by atoms with Gasteiger partial charge in [0, 0.05) is 20.2 Å². The first-order valence-electron chi connectivity index (χ1n) is 15.4. The van der Waals surface area contributed by atoms with Crippen molar-refractivity contribution in [2.75, 3.05) is 0 Å². The Bertz CT molecular complexity index is 2620. The van der Waals surface area contributed by atoms with Crippen molar-refractivity contribution in [2.45, 2.75) is 0 Å². The summed E-state index contributed by atoms with van der Waals surface area (Å²) in [6, 6.07) is 28.9. The Labute approximate surface area is 302 Å². The minimum atomic E-state index is 0.178. The Balaban J connectivity index is 1.45. The summed E-state index contributed by atoms with van der Waals surface area (Å²) < 4.78 is 2.16. The molecule has 1 heterocycles. The van der Waals surface area contributed by atoms with Crippen molar-refractivity contribution >= 4 is 186 Å². The summed E-state index contributed by atoms with van der Waals surface area (Å²) in [5, 5.41) is 6.12. The quantitative estimate of drug-likeness (QED) is 0.184. The van der Waals surface area contributed by atoms with Gasteiger partial charge in [-0.3, -0.25) is 0 Å². The summed E-state index contributed by atoms with van der Waals surface area (Å²) >= 11 is 1.68. The van der Waals surface area contributed by atoms with Crippen LogP contribution in [0.3, 0.4) is 0 Å². The molecule has 0 N–H and O–H groups in total. The number of hydrogen-bond acceptors (Lipinski definition) is 1. The molecule has 0 fully saturated rings. The molecule has 0 spiro atoms. The van der Waals surface area contributed by atoms with Gasteiger partial charge in [0.2, 0.25) is 0 Å². The monoisotopic (exact) mass is 612 g/mol. The predicted octanol–water partition coefficient (Wildman–Crippen LogP) is -0.700. The van der Waals surface area contributed by atoms with Crippen LogP contribution < -0.4 is 54.6 Å². The highest BCUT2D eigenvalue weighted by Gasteiger charge is 2.22. The molecule has 0 saturated carbocycles. The molecule has 0 aliphatic carbocycles. The van der Waals surface area contributed by atoms with Gasteiger partial charge in [-0.05, 0) is 67.1 Å². The second kappa shape index (κ2) is 11.8. The van der Waals surface area contributed by atoms with E-state index in [9.17, 15) is 0 Å². The van der Waals surface area contributed by atoms with Crippen LogP contribution in [0.5, 0.6) is 0 Å². The lowest BCUT2D eigenvalue weighted by molar-refractivity contribution is 1.72. The van der Waals surface area contributed by atoms with Gasteiger partial charge in [0.1, 0.15) is 78.5 Å². The van der Waals surface area contributed by atoms with E-state index in [-0.39, 0.29) is 32.8 Å². The van der Waals surface area contributed by atoms with Crippen molar-refractivity contribution in [3.8, 4) is 33.4 Å². The molecule has 0 unspecified atom stereocenters. The highest BCUT2D eigenvalue weighted by Crippen LogP contribution is 2.47. The Morgan fingerprint density at radius 3 is 1.29 bits per heavy atom. The van der Waals surface area contributed by atoms with E-state index in [2.05, 4.69) is 54.6 Å². The SMILES string of the molecule is [B]c1c([B])c([B])c(-c2ccc3c(c2)sc2cccc(-c4c5ccccc5c(-c5c([B])c([B])c([B])c([B])c5[B])c5ccccc45)c23)c([B])c1[B]. The molecule has 1 aromatic heterocycles. The van der Waals surface area contributed by atoms with Gasteiger partial charge >= 0.3 is 0 Å². The summed E-state index contributed by atoms with van der Waals surface area (Å²) in [4.78, 5) is 0. The smallest absolute Gasteiger partial charge is 0.113 e. The normalized spacial score (nSPS) is 11.7. The van der Waals surface area contributed by atoms with Crippen molar-refractivity contribution in [2.24, 2.45) is 0 Å². The molecular weight excluding hydrogens is 597 g/mol. The van der Waals surface area contributed by atoms with Gasteiger partial charge in [-0.2, -0.15) is 0 Å². The summed E-state index contributed by atoms with van der Waals surface area (Å²) in [6.07, 6.45) is 0. The molecule has 0 amide bonds. The fourth-order valence-electron chi connectivity index (χ4n) is 7.16. The fourth-order valence-corrected chi connectivity index (χ4v) is 8.33. The molecule has 8 aromatic rings. The zero-order chi connectivity index (χ0) is 34.5. The summed E-state index contributed by atoms with van der Waals surface area (Å²) in [7, 11) is 63.6. The van der Waals surface area contributed by atoms with Crippen molar-refractivity contribution in [3.63, 3.8) is 0 Å². The van der Waals surface area contributed by atoms with E-state index >= 15 is 0 Å². The number of rotatable bonds is 3. The van der Waals surface area contributed by atoms with Crippen LogP contribution in [0.1, 0.15) is 0 Å². The van der Waals surface area contributed by atoms with Crippen LogP contribution in [-0.2, 0) is 0 Å². The van der Waals surface area contributed by atoms with Gasteiger partial charge in [0.25, 0.3) is 0 Å². The van der Waals surface area contributed by atoms with E-state index in [1.807, 2.05) is 30.3 Å². The lowest BCUT2D eigenvalue weighted by atomic mass is 9.59. The van der Waals surface area contributed by atoms with Crippen LogP contribution in [0.2, 0.25) is 0 Å². The average molecular weight is 611 g/mol. The first-order valence-corrected chi connectivity index (χ1v) is 16.2. The highest BCUT2D eigenvalue weighted by molar-refractivity contribution is 7.26. The zero-order valence-electron chi connectivity index (χ0n) is 26.3. The van der Waals surface area contributed by atoms with E-state index in [0.29, 0.717) is 33.0 Å². The van der Waals surface area contributed by atoms with E-state index in [4.69, 9.17) is 78.5 Å². The number of fused-ring (bicyclic) bond motifs is 5. The molecule has 49 heavy (non-hydrogen) atoms. The Hall–Kier alpha value is -4.07. The Kier molecular flexibility index (Phi) is 7.72. The maximum absolute atomic E-state index is 6.66. The maximum atomic E-state index is 6.66. The van der Waals surface area contributed by atoms with Crippen molar-refractivity contribution in [1.82, 2.24) is 0 Å². The van der Waals surface area contributed by atoms with Crippen molar-refractivity contribution in [3.05, 3.63) is 84.9 Å². The second-order valence-electron chi connectivity index (χ2n) is 12.2. The molecule has 20 radical (unpaired) electrons. The molecule has 8 rings (SSSR count). The molecule has 0 saturated heterocycles. The first-order chi connectivity index (χ1) is 23.5. The molecule has 0 aliphatic rings. The van der Waals surface area contributed by atoms with Crippen LogP contribution in [0, 0.1) is 0 Å². The van der Waals surface area contributed by atoms with E-state index in [1.54, 1.807) is 11.3 Å². The third-order valence-corrected chi connectivity index (χ3v) is 10.8. The van der Waals surface area contributed by atoms with Crippen molar-refractivity contribution in [1.29, 1.82) is 0 Å². The summed E-state index contributed by atoms with van der Waals surface area (Å²) in [5.41, 5.74) is 7.33. The minimum absolute atomic E-state index is 0.178. The predicted molar refractivity (Wildman–Crippen MR) is 225 cm³/mol. The lowest BCUT2D eigenvalue weighted by Crippen LogP contribution is -2.55. The number of hydrogen-bond donors (Lipinski definition) is 0. The van der Waals surface area contributed by atoms with Gasteiger partial charge in [0.05, 0.1) is 0 Å². The summed E-state index contributed by atoms with van der Waals surface area (Å²) in [6.45, 7) is 0. The third-order valence-electron chi connectivity index (χ3n) is 9.64. The molecular formula is C38H14B10S. The maximum Gasteiger partial charge on any atom is 0.113 e. The summed E-state index contributed by atoms with van der Waals surface area (Å²) in [5.74, 6) is 0. The second-order valence-corrected chi connectivity index (χ2v) is 13.3. The number of benzene rings is 7. The fraction of sp³-hybridized carbons (Fsp3) is 0. The minimum Gasteiger partial charge on any atom is -0.135 e. The topological polar surface area (TPSA) is 0 Å². The Morgan fingerprint density at radius 2 is 0.776 bits per heavy atom. The van der Waals surface area contributed by atoms with Gasteiger partial charge in [0.15, 0.2) is 0 Å². The van der Waals surface area contributed by atoms with Gasteiger partial charge < -0.3 is 0 Å².